The fraction of sp³-hybridized carbons (Fsp3) is 0.214. The zero-order chi connectivity index (χ0) is 13.2. The van der Waals surface area contributed by atoms with Crippen molar-refractivity contribution in [2.45, 2.75) is 13.5 Å². The Morgan fingerprint density at radius 3 is 2.79 bits per heavy atom. The van der Waals surface area contributed by atoms with Crippen LogP contribution in [0, 0.1) is 0 Å². The van der Waals surface area contributed by atoms with Crippen LogP contribution in [-0.2, 0) is 6.54 Å². The number of hydrogen-bond donors (Lipinski definition) is 1. The minimum Gasteiger partial charge on any atom is -0.325 e. The molecule has 0 unspecified atom stereocenters. The molecule has 3 aromatic rings. The lowest BCUT2D eigenvalue weighted by Gasteiger charge is -2.21. The topological polar surface area (TPSA) is 46.6 Å². The molecule has 19 heavy (non-hydrogen) atoms. The average Bonchev–Trinajstić information content (AvgIpc) is 3.01. The Bertz CT molecular complexity index is 671. The van der Waals surface area contributed by atoms with Crippen molar-refractivity contribution >= 4 is 27.8 Å². The summed E-state index contributed by atoms with van der Waals surface area (Å²) in [7, 11) is 0. The molecule has 0 bridgehead atoms. The molecule has 0 atom stereocenters. The number of nitrogens with two attached hydrogens (primary N) is 1. The fourth-order valence-electron chi connectivity index (χ4n) is 2.29. The van der Waals surface area contributed by atoms with Gasteiger partial charge in [0.1, 0.15) is 0 Å². The van der Waals surface area contributed by atoms with E-state index in [-0.39, 0.29) is 0 Å². The number of nitrogens with zero attached hydrogens (tertiary/aromatic N) is 3. The van der Waals surface area contributed by atoms with Crippen molar-refractivity contribution < 1.29 is 0 Å². The van der Waals surface area contributed by atoms with Gasteiger partial charge in [0.2, 0.25) is 0 Å². The van der Waals surface area contributed by atoms with Crippen LogP contribution in [0.15, 0.2) is 41.9 Å². The van der Waals surface area contributed by atoms with Gasteiger partial charge in [-0.1, -0.05) is 18.2 Å². The molecule has 5 heteroatoms. The molecule has 2 heterocycles. The van der Waals surface area contributed by atoms with Crippen LogP contribution in [-0.4, -0.2) is 15.9 Å². The SMILES string of the molecule is CCN(c1ccccc1)c1nc2sccn2c1CN. The van der Waals surface area contributed by atoms with Crippen LogP contribution in [0.2, 0.25) is 0 Å². The molecule has 4 nitrogen and oxygen atoms in total. The van der Waals surface area contributed by atoms with Crippen LogP contribution in [0.3, 0.4) is 0 Å². The third-order valence-electron chi connectivity index (χ3n) is 3.17. The lowest BCUT2D eigenvalue weighted by atomic mass is 10.2. The number of thiazole rings is 1. The van der Waals surface area contributed by atoms with Crippen molar-refractivity contribution in [3.63, 3.8) is 0 Å². The van der Waals surface area contributed by atoms with Crippen molar-refractivity contribution in [3.8, 4) is 0 Å². The standard InChI is InChI=1S/C14H16N4S/c1-2-17(11-6-4-3-5-7-11)13-12(10-15)18-8-9-19-14(18)16-13/h3-9H,2,10,15H2,1H3. The van der Waals surface area contributed by atoms with Crippen molar-refractivity contribution in [2.75, 3.05) is 11.4 Å². The van der Waals surface area contributed by atoms with Gasteiger partial charge in [0.05, 0.1) is 5.69 Å². The summed E-state index contributed by atoms with van der Waals surface area (Å²) in [5.41, 5.74) is 8.11. The van der Waals surface area contributed by atoms with Crippen LogP contribution in [0.4, 0.5) is 11.5 Å². The zero-order valence-electron chi connectivity index (χ0n) is 10.8. The van der Waals surface area contributed by atoms with Gasteiger partial charge in [0, 0.05) is 30.4 Å². The predicted octanol–water partition coefficient (Wildman–Crippen LogP) is 3.01. The molecule has 0 aliphatic rings. The van der Waals surface area contributed by atoms with Gasteiger partial charge in [-0.15, -0.1) is 11.3 Å². The van der Waals surface area contributed by atoms with Gasteiger partial charge in [0.25, 0.3) is 0 Å². The van der Waals surface area contributed by atoms with E-state index in [1.165, 1.54) is 0 Å². The molecule has 0 fully saturated rings. The van der Waals surface area contributed by atoms with E-state index in [0.29, 0.717) is 6.54 Å². The maximum atomic E-state index is 5.91. The zero-order valence-corrected chi connectivity index (χ0v) is 11.6. The van der Waals surface area contributed by atoms with Crippen LogP contribution in [0.25, 0.3) is 4.96 Å². The highest BCUT2D eigenvalue weighted by atomic mass is 32.1. The first kappa shape index (κ1) is 12.2. The maximum Gasteiger partial charge on any atom is 0.195 e. The number of imidazole rings is 1. The molecule has 0 spiro atoms. The van der Waals surface area contributed by atoms with E-state index in [9.17, 15) is 0 Å². The fourth-order valence-corrected chi connectivity index (χ4v) is 3.02. The number of aromatic nitrogens is 2. The van der Waals surface area contributed by atoms with Crippen molar-refractivity contribution in [1.82, 2.24) is 9.38 Å². The summed E-state index contributed by atoms with van der Waals surface area (Å²) < 4.78 is 2.08. The monoisotopic (exact) mass is 272 g/mol. The Kier molecular flexibility index (Phi) is 3.23. The third kappa shape index (κ3) is 2.01. The first-order chi connectivity index (χ1) is 9.35. The van der Waals surface area contributed by atoms with E-state index < -0.39 is 0 Å². The molecule has 0 amide bonds. The van der Waals surface area contributed by atoms with Crippen LogP contribution in [0.1, 0.15) is 12.6 Å². The largest absolute Gasteiger partial charge is 0.325 e. The Labute approximate surface area is 116 Å². The van der Waals surface area contributed by atoms with Gasteiger partial charge >= 0.3 is 0 Å². The molecule has 3 rings (SSSR count). The summed E-state index contributed by atoms with van der Waals surface area (Å²) in [4.78, 5) is 7.91. The van der Waals surface area contributed by atoms with Crippen molar-refractivity contribution in [3.05, 3.63) is 47.6 Å². The van der Waals surface area contributed by atoms with E-state index in [2.05, 4.69) is 28.4 Å². The molecule has 0 aliphatic heterocycles. The Balaban J connectivity index is 2.13. The maximum absolute atomic E-state index is 5.91. The molecule has 2 N–H and O–H groups in total. The highest BCUT2D eigenvalue weighted by Crippen LogP contribution is 2.29. The van der Waals surface area contributed by atoms with Gasteiger partial charge < -0.3 is 10.6 Å². The lowest BCUT2D eigenvalue weighted by Crippen LogP contribution is -2.19. The summed E-state index contributed by atoms with van der Waals surface area (Å²) in [5.74, 6) is 0.961. The second-order valence-electron chi connectivity index (χ2n) is 4.22. The van der Waals surface area contributed by atoms with Gasteiger partial charge in [-0.25, -0.2) is 4.98 Å². The number of anilines is 2. The number of fused-ring (bicyclic) bond motifs is 1. The number of benzene rings is 1. The first-order valence-corrected chi connectivity index (χ1v) is 7.20. The summed E-state index contributed by atoms with van der Waals surface area (Å²) >= 11 is 1.63. The quantitative estimate of drug-likeness (QED) is 0.794. The van der Waals surface area contributed by atoms with Gasteiger partial charge in [0.15, 0.2) is 10.8 Å². The van der Waals surface area contributed by atoms with Gasteiger partial charge in [-0.2, -0.15) is 0 Å². The molecule has 0 aliphatic carbocycles. The molecule has 98 valence electrons. The van der Waals surface area contributed by atoms with Crippen molar-refractivity contribution in [2.24, 2.45) is 5.73 Å². The number of para-hydroxylation sites is 1. The first-order valence-electron chi connectivity index (χ1n) is 6.32. The third-order valence-corrected chi connectivity index (χ3v) is 3.93. The van der Waals surface area contributed by atoms with E-state index in [0.717, 1.165) is 28.7 Å². The molecular formula is C14H16N4S. The average molecular weight is 272 g/mol. The lowest BCUT2D eigenvalue weighted by molar-refractivity contribution is 0.928. The van der Waals surface area contributed by atoms with E-state index >= 15 is 0 Å². The number of rotatable bonds is 4. The Morgan fingerprint density at radius 2 is 2.11 bits per heavy atom. The van der Waals surface area contributed by atoms with Crippen molar-refractivity contribution in [1.29, 1.82) is 0 Å². The molecule has 0 saturated carbocycles. The summed E-state index contributed by atoms with van der Waals surface area (Å²) in [6.07, 6.45) is 2.03. The second kappa shape index (κ2) is 5.03. The summed E-state index contributed by atoms with van der Waals surface area (Å²) in [6, 6.07) is 10.3. The van der Waals surface area contributed by atoms with Crippen LogP contribution in [0.5, 0.6) is 0 Å². The smallest absolute Gasteiger partial charge is 0.195 e. The Morgan fingerprint density at radius 1 is 1.32 bits per heavy atom. The minimum atomic E-state index is 0.483. The van der Waals surface area contributed by atoms with E-state index in [1.54, 1.807) is 11.3 Å². The molecule has 1 aromatic carbocycles. The molecule has 0 saturated heterocycles. The number of hydrogen-bond acceptors (Lipinski definition) is 4. The second-order valence-corrected chi connectivity index (χ2v) is 5.09. The minimum absolute atomic E-state index is 0.483. The highest BCUT2D eigenvalue weighted by molar-refractivity contribution is 7.15. The van der Waals surface area contributed by atoms with Gasteiger partial charge in [-0.05, 0) is 19.1 Å². The van der Waals surface area contributed by atoms with E-state index in [4.69, 9.17) is 10.7 Å². The van der Waals surface area contributed by atoms with Gasteiger partial charge in [-0.3, -0.25) is 4.40 Å². The normalized spacial score (nSPS) is 11.1. The summed E-state index contributed by atoms with van der Waals surface area (Å²) in [5, 5.41) is 2.03. The molecular weight excluding hydrogens is 256 g/mol. The molecule has 2 aromatic heterocycles. The molecule has 0 radical (unpaired) electrons. The van der Waals surface area contributed by atoms with Crippen LogP contribution >= 0.6 is 11.3 Å². The van der Waals surface area contributed by atoms with E-state index in [1.807, 2.05) is 29.8 Å². The highest BCUT2D eigenvalue weighted by Gasteiger charge is 2.18. The Hall–Kier alpha value is -1.85. The van der Waals surface area contributed by atoms with Crippen LogP contribution < -0.4 is 10.6 Å². The summed E-state index contributed by atoms with van der Waals surface area (Å²) in [6.45, 7) is 3.47. The predicted molar refractivity (Wildman–Crippen MR) is 80.1 cm³/mol.